The first-order valence-electron chi connectivity index (χ1n) is 9.26. The Balaban J connectivity index is 1.56. The standard InChI is InChI=1S/C20H13ClFN7O2S/c21-12-5-11(3-4-13(12)22)29-17-14-15(28-20(29)31)16(32-19(14)26-8-25-17)18(30)27-10-2-1-9(6-23)24-7-10/h1-5,7-8H,6,23H2,(H,27,30)(H,28,31). The molecule has 0 bridgehead atoms. The van der Waals surface area contributed by atoms with E-state index in [2.05, 4.69) is 25.6 Å². The van der Waals surface area contributed by atoms with Gasteiger partial charge in [-0.3, -0.25) is 9.78 Å². The molecule has 1 aromatic carbocycles. The Morgan fingerprint density at radius 2 is 2.09 bits per heavy atom. The number of hydrogen-bond donors (Lipinski definition) is 3. The number of pyridine rings is 1. The third kappa shape index (κ3) is 3.32. The maximum absolute atomic E-state index is 13.6. The summed E-state index contributed by atoms with van der Waals surface area (Å²) in [7, 11) is 0. The molecule has 0 spiro atoms. The largest absolute Gasteiger partial charge is 0.332 e. The number of nitrogens with one attached hydrogen (secondary N) is 2. The normalized spacial score (nSPS) is 12.7. The number of urea groups is 1. The van der Waals surface area contributed by atoms with E-state index in [9.17, 15) is 14.0 Å². The van der Waals surface area contributed by atoms with Gasteiger partial charge in [-0.2, -0.15) is 0 Å². The van der Waals surface area contributed by atoms with E-state index >= 15 is 0 Å². The van der Waals surface area contributed by atoms with Crippen molar-refractivity contribution in [3.63, 3.8) is 0 Å². The zero-order chi connectivity index (χ0) is 22.4. The first-order valence-corrected chi connectivity index (χ1v) is 10.5. The molecule has 0 atom stereocenters. The number of hydrogen-bond acceptors (Lipinski definition) is 7. The SMILES string of the molecule is NCc1ccc(NC(=O)c2sc3ncnc4c3c2NC(=O)N4c2ccc(F)c(Cl)c2)cn1. The number of thiophene rings is 1. The van der Waals surface area contributed by atoms with Crippen LogP contribution in [0.3, 0.4) is 0 Å². The Labute approximate surface area is 189 Å². The van der Waals surface area contributed by atoms with Crippen LogP contribution in [0, 0.1) is 5.82 Å². The predicted octanol–water partition coefficient (Wildman–Crippen LogP) is 4.27. The average molecular weight is 470 g/mol. The van der Waals surface area contributed by atoms with Gasteiger partial charge < -0.3 is 16.4 Å². The molecule has 0 saturated heterocycles. The summed E-state index contributed by atoms with van der Waals surface area (Å²) < 4.78 is 13.6. The molecule has 3 amide bonds. The monoisotopic (exact) mass is 469 g/mol. The van der Waals surface area contributed by atoms with Crippen LogP contribution in [0.4, 0.5) is 32.1 Å². The maximum atomic E-state index is 13.6. The molecule has 3 aromatic heterocycles. The lowest BCUT2D eigenvalue weighted by Gasteiger charge is -2.27. The molecular weight excluding hydrogens is 457 g/mol. The van der Waals surface area contributed by atoms with Crippen LogP contribution in [0.15, 0.2) is 42.9 Å². The molecule has 4 N–H and O–H groups in total. The Morgan fingerprint density at radius 3 is 2.81 bits per heavy atom. The summed E-state index contributed by atoms with van der Waals surface area (Å²) in [4.78, 5) is 40.6. The van der Waals surface area contributed by atoms with Crippen molar-refractivity contribution in [1.29, 1.82) is 0 Å². The van der Waals surface area contributed by atoms with Gasteiger partial charge in [0.15, 0.2) is 5.82 Å². The molecule has 0 aliphatic carbocycles. The number of nitrogens with two attached hydrogens (primary N) is 1. The van der Waals surface area contributed by atoms with E-state index in [1.807, 2.05) is 0 Å². The van der Waals surface area contributed by atoms with E-state index in [-0.39, 0.29) is 22.3 Å². The average Bonchev–Trinajstić information content (AvgIpc) is 3.16. The summed E-state index contributed by atoms with van der Waals surface area (Å²) in [6.45, 7) is 0.290. The maximum Gasteiger partial charge on any atom is 0.332 e. The van der Waals surface area contributed by atoms with Crippen LogP contribution < -0.4 is 21.3 Å². The van der Waals surface area contributed by atoms with Gasteiger partial charge in [0, 0.05) is 6.54 Å². The fourth-order valence-electron chi connectivity index (χ4n) is 3.30. The second kappa shape index (κ2) is 7.79. The quantitative estimate of drug-likeness (QED) is 0.409. The van der Waals surface area contributed by atoms with Crippen molar-refractivity contribution in [1.82, 2.24) is 15.0 Å². The second-order valence-corrected chi connectivity index (χ2v) is 8.15. The molecule has 1 aliphatic rings. The molecule has 0 saturated carbocycles. The van der Waals surface area contributed by atoms with Gasteiger partial charge in [-0.25, -0.2) is 24.1 Å². The van der Waals surface area contributed by atoms with Crippen molar-refractivity contribution in [2.45, 2.75) is 6.54 Å². The molecule has 5 rings (SSSR count). The lowest BCUT2D eigenvalue weighted by molar-refractivity contribution is 0.103. The van der Waals surface area contributed by atoms with Gasteiger partial charge >= 0.3 is 6.03 Å². The zero-order valence-electron chi connectivity index (χ0n) is 16.1. The fourth-order valence-corrected chi connectivity index (χ4v) is 4.46. The topological polar surface area (TPSA) is 126 Å². The minimum absolute atomic E-state index is 0.133. The smallest absolute Gasteiger partial charge is 0.325 e. The third-order valence-corrected chi connectivity index (χ3v) is 6.16. The lowest BCUT2D eigenvalue weighted by atomic mass is 10.2. The van der Waals surface area contributed by atoms with Crippen LogP contribution in [-0.4, -0.2) is 26.9 Å². The van der Waals surface area contributed by atoms with Crippen LogP contribution in [0.2, 0.25) is 5.02 Å². The number of amides is 3. The van der Waals surface area contributed by atoms with Crippen LogP contribution in [0.25, 0.3) is 10.2 Å². The number of carbonyl (C=O) groups is 2. The van der Waals surface area contributed by atoms with Gasteiger partial charge in [0.2, 0.25) is 0 Å². The number of nitrogens with zero attached hydrogens (tertiary/aromatic N) is 4. The molecule has 32 heavy (non-hydrogen) atoms. The fraction of sp³-hybridized carbons (Fsp3) is 0.0500. The number of carbonyl (C=O) groups excluding carboxylic acids is 2. The summed E-state index contributed by atoms with van der Waals surface area (Å²) in [5, 5.41) is 5.85. The Kier molecular flexibility index (Phi) is 4.93. The number of benzene rings is 1. The molecule has 0 fully saturated rings. The number of rotatable bonds is 4. The van der Waals surface area contributed by atoms with Gasteiger partial charge in [-0.15, -0.1) is 11.3 Å². The van der Waals surface area contributed by atoms with E-state index in [0.29, 0.717) is 33.0 Å². The van der Waals surface area contributed by atoms with E-state index < -0.39 is 17.8 Å². The minimum atomic E-state index is -0.607. The van der Waals surface area contributed by atoms with Gasteiger partial charge in [0.05, 0.1) is 39.4 Å². The highest BCUT2D eigenvalue weighted by Crippen LogP contribution is 2.45. The van der Waals surface area contributed by atoms with E-state index in [1.165, 1.54) is 29.6 Å². The highest BCUT2D eigenvalue weighted by atomic mass is 35.5. The van der Waals surface area contributed by atoms with Crippen molar-refractivity contribution in [2.75, 3.05) is 15.5 Å². The molecular formula is C20H13ClFN7O2S. The summed E-state index contributed by atoms with van der Waals surface area (Å²) in [6.07, 6.45) is 2.80. The summed E-state index contributed by atoms with van der Waals surface area (Å²) in [5.74, 6) is -0.777. The van der Waals surface area contributed by atoms with Crippen LogP contribution >= 0.6 is 22.9 Å². The molecule has 1 aliphatic heterocycles. The van der Waals surface area contributed by atoms with Crippen molar-refractivity contribution in [3.8, 4) is 0 Å². The molecule has 12 heteroatoms. The summed E-state index contributed by atoms with van der Waals surface area (Å²) in [6, 6.07) is 6.74. The second-order valence-electron chi connectivity index (χ2n) is 6.74. The predicted molar refractivity (Wildman–Crippen MR) is 120 cm³/mol. The van der Waals surface area contributed by atoms with Crippen molar-refractivity contribution in [2.24, 2.45) is 5.73 Å². The van der Waals surface area contributed by atoms with Gasteiger partial charge in [0.25, 0.3) is 5.91 Å². The Morgan fingerprint density at radius 1 is 1.25 bits per heavy atom. The van der Waals surface area contributed by atoms with E-state index in [4.69, 9.17) is 17.3 Å². The zero-order valence-corrected chi connectivity index (χ0v) is 17.7. The first-order chi connectivity index (χ1) is 15.5. The molecule has 0 radical (unpaired) electrons. The molecule has 9 nitrogen and oxygen atoms in total. The van der Waals surface area contributed by atoms with Crippen molar-refractivity contribution < 1.29 is 14.0 Å². The van der Waals surface area contributed by atoms with Gasteiger partial charge in [-0.1, -0.05) is 11.6 Å². The number of halogens is 2. The minimum Gasteiger partial charge on any atom is -0.325 e. The van der Waals surface area contributed by atoms with Gasteiger partial charge in [0.1, 0.15) is 21.9 Å². The molecule has 4 heterocycles. The summed E-state index contributed by atoms with van der Waals surface area (Å²) >= 11 is 7.01. The summed E-state index contributed by atoms with van der Waals surface area (Å²) in [5.41, 5.74) is 7.34. The molecule has 4 aromatic rings. The molecule has 160 valence electrons. The van der Waals surface area contributed by atoms with Crippen LogP contribution in [-0.2, 0) is 6.54 Å². The lowest BCUT2D eigenvalue weighted by Crippen LogP contribution is -2.35. The number of aromatic nitrogens is 3. The number of anilines is 4. The van der Waals surface area contributed by atoms with Crippen LogP contribution in [0.5, 0.6) is 0 Å². The molecule has 0 unspecified atom stereocenters. The van der Waals surface area contributed by atoms with E-state index in [0.717, 1.165) is 17.4 Å². The highest BCUT2D eigenvalue weighted by molar-refractivity contribution is 7.21. The van der Waals surface area contributed by atoms with Crippen molar-refractivity contribution in [3.05, 3.63) is 64.3 Å². The third-order valence-electron chi connectivity index (χ3n) is 4.77. The van der Waals surface area contributed by atoms with Crippen molar-refractivity contribution >= 4 is 68.0 Å². The highest BCUT2D eigenvalue weighted by Gasteiger charge is 2.34. The first kappa shape index (κ1) is 20.2. The van der Waals surface area contributed by atoms with E-state index in [1.54, 1.807) is 12.1 Å². The van der Waals surface area contributed by atoms with Gasteiger partial charge in [-0.05, 0) is 30.3 Å². The van der Waals surface area contributed by atoms with Crippen LogP contribution in [0.1, 0.15) is 15.4 Å². The Hall–Kier alpha value is -3.67. The Bertz CT molecular complexity index is 1390.